The molecule has 168 valence electrons. The summed E-state index contributed by atoms with van der Waals surface area (Å²) in [5.41, 5.74) is 1.77. The van der Waals surface area contributed by atoms with Crippen molar-refractivity contribution in [3.05, 3.63) is 83.9 Å². The number of anilines is 1. The first-order valence-electron chi connectivity index (χ1n) is 9.88. The first-order chi connectivity index (χ1) is 15.3. The van der Waals surface area contributed by atoms with Crippen LogP contribution < -0.4 is 13.8 Å². The number of hydrogen-bond acceptors (Lipinski definition) is 5. The number of ether oxygens (including phenoxy) is 2. The van der Waals surface area contributed by atoms with Crippen molar-refractivity contribution in [2.45, 2.75) is 11.4 Å². The normalized spacial score (nSPS) is 11.0. The average Bonchev–Trinajstić information content (AvgIpc) is 2.83. The SMILES string of the molecule is COc1ccc(CN(C)C(=O)c2ccc(S(=O)(=O)N(C)c3ccccc3)cc2)c(OC)c1. The van der Waals surface area contributed by atoms with Gasteiger partial charge in [-0.05, 0) is 48.5 Å². The predicted molar refractivity (Wildman–Crippen MR) is 124 cm³/mol. The minimum atomic E-state index is -3.74. The van der Waals surface area contributed by atoms with Gasteiger partial charge >= 0.3 is 0 Å². The molecule has 0 N–H and O–H groups in total. The Morgan fingerprint density at radius 2 is 1.53 bits per heavy atom. The second-order valence-electron chi connectivity index (χ2n) is 7.17. The Morgan fingerprint density at radius 3 is 2.12 bits per heavy atom. The van der Waals surface area contributed by atoms with Crippen molar-refractivity contribution >= 4 is 21.6 Å². The number of nitrogens with zero attached hydrogens (tertiary/aromatic N) is 2. The van der Waals surface area contributed by atoms with E-state index in [-0.39, 0.29) is 10.8 Å². The van der Waals surface area contributed by atoms with Crippen LogP contribution in [0.4, 0.5) is 5.69 Å². The number of hydrogen-bond donors (Lipinski definition) is 0. The molecule has 0 saturated heterocycles. The van der Waals surface area contributed by atoms with Gasteiger partial charge < -0.3 is 14.4 Å². The molecule has 3 aromatic rings. The standard InChI is InChI=1S/C24H26N2O5S/c1-25(17-19-10-13-21(30-3)16-23(19)31-4)24(27)18-11-14-22(15-12-18)32(28,29)26(2)20-8-6-5-7-9-20/h5-16H,17H2,1-4H3. The lowest BCUT2D eigenvalue weighted by Gasteiger charge is -2.21. The summed E-state index contributed by atoms with van der Waals surface area (Å²) in [6, 6.07) is 20.2. The Morgan fingerprint density at radius 1 is 0.875 bits per heavy atom. The molecule has 0 aliphatic carbocycles. The van der Waals surface area contributed by atoms with Gasteiger partial charge in [-0.1, -0.05) is 18.2 Å². The van der Waals surface area contributed by atoms with E-state index in [2.05, 4.69) is 0 Å². The molecule has 0 spiro atoms. The maximum atomic E-state index is 12.9. The smallest absolute Gasteiger partial charge is 0.264 e. The van der Waals surface area contributed by atoms with E-state index in [1.165, 1.54) is 35.6 Å². The minimum Gasteiger partial charge on any atom is -0.497 e. The topological polar surface area (TPSA) is 76.2 Å². The molecule has 3 aromatic carbocycles. The number of benzene rings is 3. The molecule has 0 saturated carbocycles. The predicted octanol–water partition coefficient (Wildman–Crippen LogP) is 3.80. The summed E-state index contributed by atoms with van der Waals surface area (Å²) in [6.07, 6.45) is 0. The van der Waals surface area contributed by atoms with Crippen LogP contribution in [0.2, 0.25) is 0 Å². The molecule has 8 heteroatoms. The third-order valence-electron chi connectivity index (χ3n) is 5.13. The van der Waals surface area contributed by atoms with Gasteiger partial charge in [0, 0.05) is 37.8 Å². The van der Waals surface area contributed by atoms with Crippen LogP contribution in [-0.4, -0.2) is 47.5 Å². The number of sulfonamides is 1. The molecule has 32 heavy (non-hydrogen) atoms. The zero-order valence-electron chi connectivity index (χ0n) is 18.5. The number of para-hydroxylation sites is 1. The first kappa shape index (κ1) is 23.1. The highest BCUT2D eigenvalue weighted by Gasteiger charge is 2.22. The van der Waals surface area contributed by atoms with Crippen molar-refractivity contribution in [3.8, 4) is 11.5 Å². The van der Waals surface area contributed by atoms with Crippen LogP contribution >= 0.6 is 0 Å². The fraction of sp³-hybridized carbons (Fsp3) is 0.208. The summed E-state index contributed by atoms with van der Waals surface area (Å²) >= 11 is 0. The molecule has 0 bridgehead atoms. The van der Waals surface area contributed by atoms with Gasteiger partial charge in [-0.15, -0.1) is 0 Å². The van der Waals surface area contributed by atoms with Gasteiger partial charge in [-0.2, -0.15) is 0 Å². The van der Waals surface area contributed by atoms with E-state index in [1.807, 2.05) is 12.1 Å². The zero-order valence-corrected chi connectivity index (χ0v) is 19.3. The third-order valence-corrected chi connectivity index (χ3v) is 6.93. The maximum absolute atomic E-state index is 12.9. The number of rotatable bonds is 8. The summed E-state index contributed by atoms with van der Waals surface area (Å²) in [7, 11) is 2.58. The quantitative estimate of drug-likeness (QED) is 0.518. The van der Waals surface area contributed by atoms with Gasteiger partial charge in [0.05, 0.1) is 24.8 Å². The van der Waals surface area contributed by atoms with Crippen molar-refractivity contribution in [2.75, 3.05) is 32.6 Å². The lowest BCUT2D eigenvalue weighted by atomic mass is 10.1. The largest absolute Gasteiger partial charge is 0.497 e. The lowest BCUT2D eigenvalue weighted by molar-refractivity contribution is 0.0784. The van der Waals surface area contributed by atoms with Crippen LogP contribution in [0.1, 0.15) is 15.9 Å². The number of methoxy groups -OCH3 is 2. The lowest BCUT2D eigenvalue weighted by Crippen LogP contribution is -2.27. The van der Waals surface area contributed by atoms with Gasteiger partial charge in [0.2, 0.25) is 0 Å². The molecule has 0 radical (unpaired) electrons. The van der Waals surface area contributed by atoms with E-state index in [0.717, 1.165) is 5.56 Å². The van der Waals surface area contributed by atoms with Crippen molar-refractivity contribution in [1.29, 1.82) is 0 Å². The van der Waals surface area contributed by atoms with Crippen molar-refractivity contribution < 1.29 is 22.7 Å². The minimum absolute atomic E-state index is 0.111. The van der Waals surface area contributed by atoms with Crippen LogP contribution in [-0.2, 0) is 16.6 Å². The summed E-state index contributed by atoms with van der Waals surface area (Å²) < 4.78 is 37.7. The Labute approximate surface area is 188 Å². The molecule has 0 aliphatic rings. The highest BCUT2D eigenvalue weighted by Crippen LogP contribution is 2.26. The first-order valence-corrected chi connectivity index (χ1v) is 11.3. The highest BCUT2D eigenvalue weighted by molar-refractivity contribution is 7.92. The van der Waals surface area contributed by atoms with E-state index in [9.17, 15) is 13.2 Å². The van der Waals surface area contributed by atoms with Crippen LogP contribution in [0.25, 0.3) is 0 Å². The second kappa shape index (κ2) is 9.74. The molecular weight excluding hydrogens is 428 g/mol. The Balaban J connectivity index is 1.76. The summed E-state index contributed by atoms with van der Waals surface area (Å²) in [4.78, 5) is 14.5. The van der Waals surface area contributed by atoms with Gasteiger partial charge in [0.1, 0.15) is 11.5 Å². The molecule has 0 fully saturated rings. The molecule has 7 nitrogen and oxygen atoms in total. The zero-order chi connectivity index (χ0) is 23.3. The van der Waals surface area contributed by atoms with Crippen LogP contribution in [0.3, 0.4) is 0 Å². The van der Waals surface area contributed by atoms with Crippen molar-refractivity contribution in [3.63, 3.8) is 0 Å². The number of carbonyl (C=O) groups excluding carboxylic acids is 1. The summed E-state index contributed by atoms with van der Waals surface area (Å²) in [5, 5.41) is 0. The molecule has 3 rings (SSSR count). The maximum Gasteiger partial charge on any atom is 0.264 e. The fourth-order valence-electron chi connectivity index (χ4n) is 3.23. The highest BCUT2D eigenvalue weighted by atomic mass is 32.2. The van der Waals surface area contributed by atoms with E-state index in [1.54, 1.807) is 62.6 Å². The van der Waals surface area contributed by atoms with E-state index < -0.39 is 10.0 Å². The number of amides is 1. The van der Waals surface area contributed by atoms with Crippen molar-refractivity contribution in [1.82, 2.24) is 4.90 Å². The van der Waals surface area contributed by atoms with Gasteiger partial charge in [-0.3, -0.25) is 9.10 Å². The Kier molecular flexibility index (Phi) is 7.05. The molecule has 0 aromatic heterocycles. The molecular formula is C24H26N2O5S. The summed E-state index contributed by atoms with van der Waals surface area (Å²) in [6.45, 7) is 0.322. The molecule has 0 heterocycles. The van der Waals surface area contributed by atoms with E-state index in [0.29, 0.717) is 29.3 Å². The molecule has 0 atom stereocenters. The second-order valence-corrected chi connectivity index (χ2v) is 9.14. The third kappa shape index (κ3) is 4.86. The summed E-state index contributed by atoms with van der Waals surface area (Å²) in [5.74, 6) is 1.05. The molecule has 1 amide bonds. The average molecular weight is 455 g/mol. The monoisotopic (exact) mass is 454 g/mol. The van der Waals surface area contributed by atoms with Crippen molar-refractivity contribution in [2.24, 2.45) is 0 Å². The van der Waals surface area contributed by atoms with Crippen LogP contribution in [0.5, 0.6) is 11.5 Å². The van der Waals surface area contributed by atoms with Gasteiger partial charge in [-0.25, -0.2) is 8.42 Å². The molecule has 0 aliphatic heterocycles. The van der Waals surface area contributed by atoms with E-state index >= 15 is 0 Å². The fourth-order valence-corrected chi connectivity index (χ4v) is 4.43. The van der Waals surface area contributed by atoms with Crippen LogP contribution in [0, 0.1) is 0 Å². The Bertz CT molecular complexity index is 1180. The van der Waals surface area contributed by atoms with Gasteiger partial charge in [0.25, 0.3) is 15.9 Å². The molecule has 0 unspecified atom stereocenters. The number of carbonyl (C=O) groups is 1. The van der Waals surface area contributed by atoms with Crippen LogP contribution in [0.15, 0.2) is 77.7 Å². The Hall–Kier alpha value is -3.52. The van der Waals surface area contributed by atoms with Gasteiger partial charge in [0.15, 0.2) is 0 Å². The van der Waals surface area contributed by atoms with E-state index in [4.69, 9.17) is 9.47 Å².